The minimum Gasteiger partial charge on any atom is -0.493 e. The summed E-state index contributed by atoms with van der Waals surface area (Å²) in [6.07, 6.45) is 2.81. The van der Waals surface area contributed by atoms with E-state index in [-0.39, 0.29) is 12.4 Å². The summed E-state index contributed by atoms with van der Waals surface area (Å²) in [6, 6.07) is 11.9. The lowest BCUT2D eigenvalue weighted by atomic mass is 9.93. The highest BCUT2D eigenvalue weighted by Crippen LogP contribution is 2.37. The third-order valence-corrected chi connectivity index (χ3v) is 6.08. The largest absolute Gasteiger partial charge is 0.493 e. The summed E-state index contributed by atoms with van der Waals surface area (Å²) < 4.78 is 39.6. The number of carbonyl (C=O) groups excluding carboxylic acids is 1. The number of nitrogens with zero attached hydrogens (tertiary/aromatic N) is 2. The maximum absolute atomic E-state index is 13.7. The summed E-state index contributed by atoms with van der Waals surface area (Å²) in [7, 11) is 1.37. The predicted octanol–water partition coefficient (Wildman–Crippen LogP) is 4.99. The highest BCUT2D eigenvalue weighted by Gasteiger charge is 2.21. The van der Waals surface area contributed by atoms with E-state index in [4.69, 9.17) is 14.5 Å². The fourth-order valence-electron chi connectivity index (χ4n) is 4.42. The van der Waals surface area contributed by atoms with E-state index >= 15 is 0 Å². The normalized spacial score (nSPS) is 12.6. The van der Waals surface area contributed by atoms with Crippen LogP contribution < -0.4 is 4.74 Å². The molecule has 4 aromatic rings. The van der Waals surface area contributed by atoms with E-state index in [0.717, 1.165) is 45.9 Å². The Morgan fingerprint density at radius 1 is 1.15 bits per heavy atom. The molecule has 1 aliphatic rings. The summed E-state index contributed by atoms with van der Waals surface area (Å²) >= 11 is 0. The average molecular weight is 448 g/mol. The molecule has 0 atom stereocenters. The van der Waals surface area contributed by atoms with Crippen LogP contribution in [-0.2, 0) is 28.9 Å². The number of hydrogen-bond donors (Lipinski definition) is 0. The molecule has 3 heterocycles. The topological polar surface area (TPSA) is 53.3 Å². The number of pyridine rings is 1. The van der Waals surface area contributed by atoms with E-state index in [0.29, 0.717) is 30.1 Å². The van der Waals surface area contributed by atoms with Gasteiger partial charge in [0.05, 0.1) is 20.1 Å². The molecule has 0 N–H and O–H groups in total. The van der Waals surface area contributed by atoms with Gasteiger partial charge in [-0.05, 0) is 65.1 Å². The average Bonchev–Trinajstić information content (AvgIpc) is 3.43. The summed E-state index contributed by atoms with van der Waals surface area (Å²) in [6.45, 7) is 2.86. The minimum atomic E-state index is -0.880. The Hall–Kier alpha value is -3.74. The second-order valence-electron chi connectivity index (χ2n) is 8.15. The first-order valence-corrected chi connectivity index (χ1v) is 10.7. The molecule has 0 saturated carbocycles. The Kier molecular flexibility index (Phi) is 5.32. The zero-order valence-corrected chi connectivity index (χ0v) is 18.3. The van der Waals surface area contributed by atoms with Crippen LogP contribution in [0.4, 0.5) is 8.78 Å². The van der Waals surface area contributed by atoms with Gasteiger partial charge < -0.3 is 14.0 Å². The molecule has 0 saturated heterocycles. The Balaban J connectivity index is 1.67. The quantitative estimate of drug-likeness (QED) is 0.404. The fourth-order valence-corrected chi connectivity index (χ4v) is 4.42. The van der Waals surface area contributed by atoms with Gasteiger partial charge in [-0.25, -0.2) is 13.8 Å². The molecule has 5 rings (SSSR count). The van der Waals surface area contributed by atoms with Gasteiger partial charge in [-0.3, -0.25) is 4.79 Å². The summed E-state index contributed by atoms with van der Waals surface area (Å²) in [5.41, 5.74) is 5.86. The molecule has 0 unspecified atom stereocenters. The van der Waals surface area contributed by atoms with Crippen molar-refractivity contribution in [1.82, 2.24) is 9.55 Å². The van der Waals surface area contributed by atoms with E-state index in [1.54, 1.807) is 6.07 Å². The van der Waals surface area contributed by atoms with Gasteiger partial charge in [0.2, 0.25) is 0 Å². The van der Waals surface area contributed by atoms with Crippen molar-refractivity contribution in [1.29, 1.82) is 0 Å². The number of benzene rings is 2. The minimum absolute atomic E-state index is 0.0997. The van der Waals surface area contributed by atoms with Crippen LogP contribution >= 0.6 is 0 Å². The molecular formula is C26H22F2N2O3. The predicted molar refractivity (Wildman–Crippen MR) is 120 cm³/mol. The van der Waals surface area contributed by atoms with Crippen molar-refractivity contribution in [3.63, 3.8) is 0 Å². The third-order valence-electron chi connectivity index (χ3n) is 6.08. The van der Waals surface area contributed by atoms with Crippen LogP contribution in [0.2, 0.25) is 0 Å². The van der Waals surface area contributed by atoms with E-state index in [1.165, 1.54) is 13.2 Å². The van der Waals surface area contributed by atoms with Gasteiger partial charge in [0.25, 0.3) is 0 Å². The van der Waals surface area contributed by atoms with Crippen LogP contribution in [0.1, 0.15) is 22.4 Å². The molecule has 0 bridgehead atoms. The first-order chi connectivity index (χ1) is 15.9. The van der Waals surface area contributed by atoms with Crippen LogP contribution in [0.15, 0.2) is 48.7 Å². The lowest BCUT2D eigenvalue weighted by Gasteiger charge is -2.15. The van der Waals surface area contributed by atoms with E-state index in [1.807, 2.05) is 35.9 Å². The zero-order valence-electron chi connectivity index (χ0n) is 18.3. The monoisotopic (exact) mass is 448 g/mol. The molecule has 0 spiro atoms. The van der Waals surface area contributed by atoms with Crippen LogP contribution in [0.5, 0.6) is 5.75 Å². The Bertz CT molecular complexity index is 1390. The van der Waals surface area contributed by atoms with Gasteiger partial charge in [0.1, 0.15) is 11.4 Å². The fraction of sp³-hybridized carbons (Fsp3) is 0.231. The van der Waals surface area contributed by atoms with Gasteiger partial charge in [0.15, 0.2) is 11.6 Å². The molecule has 2 aromatic heterocycles. The number of methoxy groups -OCH3 is 1. The van der Waals surface area contributed by atoms with Crippen LogP contribution in [-0.4, -0.2) is 29.2 Å². The van der Waals surface area contributed by atoms with Crippen LogP contribution in [0, 0.1) is 18.6 Å². The molecule has 0 radical (unpaired) electrons. The van der Waals surface area contributed by atoms with Crippen molar-refractivity contribution in [3.8, 4) is 16.9 Å². The molecule has 0 amide bonds. The molecule has 33 heavy (non-hydrogen) atoms. The number of fused-ring (bicyclic) bond motifs is 2. The Morgan fingerprint density at radius 3 is 2.79 bits per heavy atom. The van der Waals surface area contributed by atoms with Crippen molar-refractivity contribution >= 4 is 17.0 Å². The lowest BCUT2D eigenvalue weighted by molar-refractivity contribution is -0.139. The lowest BCUT2D eigenvalue weighted by Crippen LogP contribution is -2.10. The van der Waals surface area contributed by atoms with Crippen LogP contribution in [0.3, 0.4) is 0 Å². The standard InChI is InChI=1S/C26H22F2N2O3/c1-15-20(13-24(31)32-2)25(18-4-6-23-17(12-18)8-10-33-23)19-7-9-30(26(19)29-15)14-16-3-5-21(27)22(28)11-16/h3-7,9,11-12H,8,10,13-14H2,1-2H3. The van der Waals surface area contributed by atoms with Gasteiger partial charge in [0, 0.05) is 30.2 Å². The number of hydrogen-bond acceptors (Lipinski definition) is 4. The number of ether oxygens (including phenoxy) is 2. The molecule has 0 aliphatic carbocycles. The first kappa shape index (κ1) is 21.1. The first-order valence-electron chi connectivity index (χ1n) is 10.7. The van der Waals surface area contributed by atoms with Crippen LogP contribution in [0.25, 0.3) is 22.2 Å². The number of halogens is 2. The Morgan fingerprint density at radius 2 is 2.00 bits per heavy atom. The third kappa shape index (κ3) is 3.84. The maximum Gasteiger partial charge on any atom is 0.310 e. The van der Waals surface area contributed by atoms with Gasteiger partial charge in [-0.1, -0.05) is 12.1 Å². The summed E-state index contributed by atoms with van der Waals surface area (Å²) in [5, 5.41) is 0.876. The van der Waals surface area contributed by atoms with E-state index in [2.05, 4.69) is 6.07 Å². The van der Waals surface area contributed by atoms with Crippen molar-refractivity contribution in [2.24, 2.45) is 0 Å². The second-order valence-corrected chi connectivity index (χ2v) is 8.15. The molecule has 2 aromatic carbocycles. The number of aromatic nitrogens is 2. The molecule has 1 aliphatic heterocycles. The zero-order chi connectivity index (χ0) is 23.1. The maximum atomic E-state index is 13.7. The number of aryl methyl sites for hydroxylation is 1. The van der Waals surface area contributed by atoms with Gasteiger partial charge >= 0.3 is 5.97 Å². The molecular weight excluding hydrogens is 426 g/mol. The van der Waals surface area contributed by atoms with Gasteiger partial charge in [-0.2, -0.15) is 0 Å². The second kappa shape index (κ2) is 8.31. The molecule has 5 nitrogen and oxygen atoms in total. The van der Waals surface area contributed by atoms with Gasteiger partial charge in [-0.15, -0.1) is 0 Å². The highest BCUT2D eigenvalue weighted by atomic mass is 19.2. The summed E-state index contributed by atoms with van der Waals surface area (Å²) in [5.74, 6) is -1.22. The SMILES string of the molecule is COC(=O)Cc1c(C)nc2c(ccn2Cc2ccc(F)c(F)c2)c1-c1ccc2c(c1)CCO2. The van der Waals surface area contributed by atoms with E-state index in [9.17, 15) is 13.6 Å². The van der Waals surface area contributed by atoms with Crippen molar-refractivity contribution in [3.05, 3.63) is 82.7 Å². The van der Waals surface area contributed by atoms with Crippen molar-refractivity contribution in [2.75, 3.05) is 13.7 Å². The number of carbonyl (C=O) groups is 1. The summed E-state index contributed by atoms with van der Waals surface area (Å²) in [4.78, 5) is 17.0. The Labute approximate surface area is 189 Å². The molecule has 7 heteroatoms. The smallest absolute Gasteiger partial charge is 0.310 e. The number of esters is 1. The van der Waals surface area contributed by atoms with Crippen molar-refractivity contribution < 1.29 is 23.0 Å². The molecule has 0 fully saturated rings. The van der Waals surface area contributed by atoms with Crippen molar-refractivity contribution in [2.45, 2.75) is 26.3 Å². The highest BCUT2D eigenvalue weighted by molar-refractivity contribution is 5.97. The number of rotatable bonds is 5. The van der Waals surface area contributed by atoms with E-state index < -0.39 is 11.6 Å². The molecule has 168 valence electrons.